The quantitative estimate of drug-likeness (QED) is 0.163. The van der Waals surface area contributed by atoms with Crippen LogP contribution in [0.5, 0.6) is 0 Å². The Morgan fingerprint density at radius 3 is 2.18 bits per heavy atom. The number of benzene rings is 2. The Morgan fingerprint density at radius 2 is 1.59 bits per heavy atom. The van der Waals surface area contributed by atoms with Gasteiger partial charge in [0.2, 0.25) is 5.82 Å². The van der Waals surface area contributed by atoms with Gasteiger partial charge >= 0.3 is 12.1 Å². The maximum absolute atomic E-state index is 13.9. The highest BCUT2D eigenvalue weighted by Crippen LogP contribution is 2.34. The van der Waals surface area contributed by atoms with Gasteiger partial charge < -0.3 is 35.8 Å². The maximum Gasteiger partial charge on any atom is 0.471 e. The van der Waals surface area contributed by atoms with Crippen molar-refractivity contribution in [2.75, 3.05) is 31.5 Å². The first-order chi connectivity index (χ1) is 24.5. The molecule has 0 unspecified atom stereocenters. The molecule has 2 aliphatic heterocycles. The minimum absolute atomic E-state index is 0.0278. The molecule has 0 saturated carbocycles. The fraction of sp³-hybridized carbons (Fsp3) is 0.412. The number of fused-ring (bicyclic) bond motifs is 1. The summed E-state index contributed by atoms with van der Waals surface area (Å²) in [7, 11) is 0. The molecule has 0 spiro atoms. The van der Waals surface area contributed by atoms with Gasteiger partial charge in [0.15, 0.2) is 29.3 Å². The molecule has 4 atom stereocenters. The van der Waals surface area contributed by atoms with Crippen LogP contribution in [0.4, 0.5) is 19.0 Å². The Balaban J connectivity index is 1.32. The second-order valence-corrected chi connectivity index (χ2v) is 12.3. The number of aliphatic hydroxyl groups is 2. The number of carbonyl (C=O) groups excluding carboxylic acids is 3. The Hall–Kier alpha value is -5.13. The van der Waals surface area contributed by atoms with E-state index in [1.54, 1.807) is 6.92 Å². The van der Waals surface area contributed by atoms with Gasteiger partial charge in [-0.1, -0.05) is 60.7 Å². The minimum Gasteiger partial charge on any atom is -0.387 e. The standard InChI is InChI=1S/C34H37F3N8O6/c1-2-38-30(48)26-24(46)25(47)32(51-26)45-18-40-23-27(39-17-22(19-9-5-3-6-10-19)20-11-7-4-8-12-20)42-28(43-29(23)45)31(49)44-15-13-21(14-16-44)41-33(50)34(35,36)37/h3-12,18,21-22,24-26,32,46-47H,2,13-17H2,1H3,(H,38,48)(H,41,50)(H,39,42,43)/t24-,25+,26-,32+/m0/s1. The summed E-state index contributed by atoms with van der Waals surface area (Å²) in [5.41, 5.74) is 2.30. The number of aliphatic hydroxyl groups excluding tert-OH is 2. The number of anilines is 1. The third-order valence-corrected chi connectivity index (χ3v) is 8.99. The number of amides is 3. The van der Waals surface area contributed by atoms with Crippen LogP contribution in [0.2, 0.25) is 0 Å². The molecule has 4 aromatic rings. The fourth-order valence-corrected chi connectivity index (χ4v) is 6.34. The lowest BCUT2D eigenvalue weighted by atomic mass is 9.91. The third kappa shape index (κ3) is 7.64. The average Bonchev–Trinajstić information content (AvgIpc) is 3.68. The molecule has 3 amide bonds. The zero-order valence-corrected chi connectivity index (χ0v) is 27.5. The molecular formula is C34H37F3N8O6. The van der Waals surface area contributed by atoms with E-state index in [-0.39, 0.29) is 61.2 Å². The van der Waals surface area contributed by atoms with Gasteiger partial charge in [0.05, 0.1) is 6.33 Å². The van der Waals surface area contributed by atoms with E-state index >= 15 is 0 Å². The lowest BCUT2D eigenvalue weighted by Crippen LogP contribution is -2.49. The molecule has 14 nitrogen and oxygen atoms in total. The summed E-state index contributed by atoms with van der Waals surface area (Å²) in [6.45, 7) is 2.33. The molecule has 2 saturated heterocycles. The Kier molecular flexibility index (Phi) is 10.5. The molecule has 4 heterocycles. The summed E-state index contributed by atoms with van der Waals surface area (Å²) in [4.78, 5) is 52.8. The number of ether oxygens (including phenoxy) is 1. The molecular weight excluding hydrogens is 673 g/mol. The third-order valence-electron chi connectivity index (χ3n) is 8.99. The topological polar surface area (TPSA) is 184 Å². The van der Waals surface area contributed by atoms with E-state index < -0.39 is 54.5 Å². The highest BCUT2D eigenvalue weighted by Gasteiger charge is 2.48. The summed E-state index contributed by atoms with van der Waals surface area (Å²) >= 11 is 0. The van der Waals surface area contributed by atoms with Crippen molar-refractivity contribution in [2.45, 2.75) is 62.4 Å². The van der Waals surface area contributed by atoms with Crippen molar-refractivity contribution < 1.29 is 42.5 Å². The molecule has 270 valence electrons. The summed E-state index contributed by atoms with van der Waals surface area (Å²) in [6.07, 6.45) is -9.39. The largest absolute Gasteiger partial charge is 0.471 e. The van der Waals surface area contributed by atoms with Crippen LogP contribution in [0.1, 0.15) is 53.7 Å². The maximum atomic E-state index is 13.9. The first-order valence-electron chi connectivity index (χ1n) is 16.5. The molecule has 2 aromatic carbocycles. The smallest absolute Gasteiger partial charge is 0.387 e. The van der Waals surface area contributed by atoms with Crippen molar-refractivity contribution in [3.8, 4) is 0 Å². The van der Waals surface area contributed by atoms with Crippen molar-refractivity contribution in [1.82, 2.24) is 35.1 Å². The van der Waals surface area contributed by atoms with Crippen LogP contribution in [0.3, 0.4) is 0 Å². The molecule has 2 fully saturated rings. The van der Waals surface area contributed by atoms with Crippen molar-refractivity contribution in [3.63, 3.8) is 0 Å². The van der Waals surface area contributed by atoms with Gasteiger partial charge in [0.1, 0.15) is 12.2 Å². The molecule has 2 aromatic heterocycles. The molecule has 0 radical (unpaired) electrons. The summed E-state index contributed by atoms with van der Waals surface area (Å²) < 4.78 is 45.5. The second kappa shape index (κ2) is 15.0. The Labute approximate surface area is 290 Å². The summed E-state index contributed by atoms with van der Waals surface area (Å²) in [5, 5.41) is 29.5. The van der Waals surface area contributed by atoms with Crippen LogP contribution in [-0.4, -0.2) is 109 Å². The zero-order valence-electron chi connectivity index (χ0n) is 27.5. The number of alkyl halides is 3. The van der Waals surface area contributed by atoms with Gasteiger partial charge in [-0.25, -0.2) is 15.0 Å². The predicted octanol–water partition coefficient (Wildman–Crippen LogP) is 2.11. The fourth-order valence-electron chi connectivity index (χ4n) is 6.34. The number of halogens is 3. The number of hydrogen-bond acceptors (Lipinski definition) is 10. The second-order valence-electron chi connectivity index (χ2n) is 12.3. The van der Waals surface area contributed by atoms with E-state index in [1.165, 1.54) is 15.8 Å². The van der Waals surface area contributed by atoms with Gasteiger partial charge in [-0.05, 0) is 30.9 Å². The van der Waals surface area contributed by atoms with Crippen LogP contribution in [-0.2, 0) is 14.3 Å². The first kappa shape index (κ1) is 35.7. The molecule has 2 aliphatic rings. The Bertz CT molecular complexity index is 1810. The van der Waals surface area contributed by atoms with E-state index in [1.807, 2.05) is 66.0 Å². The highest BCUT2D eigenvalue weighted by atomic mass is 19.4. The number of likely N-dealkylation sites (tertiary alicyclic amines) is 1. The van der Waals surface area contributed by atoms with E-state index in [9.17, 15) is 37.8 Å². The zero-order chi connectivity index (χ0) is 36.3. The monoisotopic (exact) mass is 710 g/mol. The highest BCUT2D eigenvalue weighted by molar-refractivity contribution is 5.94. The normalized spacial score (nSPS) is 21.2. The van der Waals surface area contributed by atoms with Crippen molar-refractivity contribution in [1.29, 1.82) is 0 Å². The van der Waals surface area contributed by atoms with Crippen LogP contribution in [0.15, 0.2) is 67.0 Å². The SMILES string of the molecule is CCNC(=O)[C@H]1O[C@@H](n2cnc3c(NCC(c4ccccc4)c4ccccc4)nc(C(=O)N4CCC(NC(=O)C(F)(F)F)CC4)nc32)[C@H](O)[C@@H]1O. The molecule has 6 rings (SSSR count). The number of rotatable bonds is 10. The van der Waals surface area contributed by atoms with Crippen LogP contribution >= 0.6 is 0 Å². The number of likely N-dealkylation sites (N-methyl/N-ethyl adjacent to an activating group) is 1. The van der Waals surface area contributed by atoms with Crippen molar-refractivity contribution >= 4 is 34.7 Å². The number of nitrogens with zero attached hydrogens (tertiary/aromatic N) is 5. The number of nitrogens with one attached hydrogen (secondary N) is 3. The lowest BCUT2D eigenvalue weighted by Gasteiger charge is -2.32. The summed E-state index contributed by atoms with van der Waals surface area (Å²) in [5.74, 6) is -3.52. The lowest BCUT2D eigenvalue weighted by molar-refractivity contribution is -0.174. The Morgan fingerprint density at radius 1 is 0.961 bits per heavy atom. The number of carbonyl (C=O) groups is 3. The molecule has 5 N–H and O–H groups in total. The molecule has 51 heavy (non-hydrogen) atoms. The predicted molar refractivity (Wildman–Crippen MR) is 176 cm³/mol. The van der Waals surface area contributed by atoms with Gasteiger partial charge in [0.25, 0.3) is 11.8 Å². The van der Waals surface area contributed by atoms with Crippen LogP contribution < -0.4 is 16.0 Å². The van der Waals surface area contributed by atoms with Crippen molar-refractivity contribution in [2.24, 2.45) is 0 Å². The minimum atomic E-state index is -5.02. The van der Waals surface area contributed by atoms with E-state index in [0.29, 0.717) is 6.54 Å². The van der Waals surface area contributed by atoms with Crippen molar-refractivity contribution in [3.05, 3.63) is 83.9 Å². The molecule has 17 heteroatoms. The van der Waals surface area contributed by atoms with Gasteiger partial charge in [0, 0.05) is 38.1 Å². The number of imidazole rings is 1. The first-order valence-corrected chi connectivity index (χ1v) is 16.5. The van der Waals surface area contributed by atoms with Gasteiger partial charge in [-0.3, -0.25) is 19.0 Å². The molecule has 0 bridgehead atoms. The van der Waals surface area contributed by atoms with E-state index in [0.717, 1.165) is 11.1 Å². The van der Waals surface area contributed by atoms with Crippen LogP contribution in [0, 0.1) is 0 Å². The molecule has 0 aliphatic carbocycles. The van der Waals surface area contributed by atoms with Gasteiger partial charge in [-0.15, -0.1) is 0 Å². The number of piperidine rings is 1. The number of aromatic nitrogens is 4. The summed E-state index contributed by atoms with van der Waals surface area (Å²) in [6, 6.07) is 18.8. The average molecular weight is 711 g/mol. The van der Waals surface area contributed by atoms with Gasteiger partial charge in [-0.2, -0.15) is 13.2 Å². The van der Waals surface area contributed by atoms with Crippen LogP contribution in [0.25, 0.3) is 11.2 Å². The number of hydrogen-bond donors (Lipinski definition) is 5. The van der Waals surface area contributed by atoms with E-state index in [4.69, 9.17) is 4.74 Å². The van der Waals surface area contributed by atoms with E-state index in [2.05, 4.69) is 25.6 Å².